The van der Waals surface area contributed by atoms with Crippen molar-refractivity contribution in [3.63, 3.8) is 0 Å². The van der Waals surface area contributed by atoms with Crippen LogP contribution in [0.5, 0.6) is 0 Å². The van der Waals surface area contributed by atoms with Gasteiger partial charge in [-0.1, -0.05) is 0 Å². The number of β-amino-alcohol motifs (C(OH)–C–C–N with tert-alkyl or cyclic N) is 1. The van der Waals surface area contributed by atoms with E-state index in [2.05, 4.69) is 30.7 Å². The molecule has 0 aromatic rings. The number of nitrogens with zero attached hydrogens (tertiary/aromatic N) is 2. The standard InChI is InChI=1S/C11H24N2O/c1-10(2)12(3)8-11-4-5-13(9-11)6-7-14/h10-11,14H,4-9H2,1-3H3. The van der Waals surface area contributed by atoms with Crippen LogP contribution in [0.25, 0.3) is 0 Å². The van der Waals surface area contributed by atoms with Crippen molar-refractivity contribution < 1.29 is 5.11 Å². The van der Waals surface area contributed by atoms with Gasteiger partial charge >= 0.3 is 0 Å². The number of hydrogen-bond donors (Lipinski definition) is 1. The molecule has 1 rings (SSSR count). The summed E-state index contributed by atoms with van der Waals surface area (Å²) < 4.78 is 0. The zero-order valence-corrected chi connectivity index (χ0v) is 9.74. The zero-order chi connectivity index (χ0) is 10.6. The molecule has 3 heteroatoms. The average Bonchev–Trinajstić information content (AvgIpc) is 2.53. The van der Waals surface area contributed by atoms with E-state index in [-0.39, 0.29) is 0 Å². The summed E-state index contributed by atoms with van der Waals surface area (Å²) in [4.78, 5) is 4.77. The van der Waals surface area contributed by atoms with Crippen LogP contribution < -0.4 is 0 Å². The molecule has 0 radical (unpaired) electrons. The fourth-order valence-electron chi connectivity index (χ4n) is 2.02. The molecule has 1 aliphatic rings. The molecule has 1 aliphatic heterocycles. The Labute approximate surface area is 87.7 Å². The first-order chi connectivity index (χ1) is 6.63. The predicted octanol–water partition coefficient (Wildman–Crippen LogP) is 0.641. The molecule has 1 saturated heterocycles. The van der Waals surface area contributed by atoms with Crippen LogP contribution in [0, 0.1) is 5.92 Å². The highest BCUT2D eigenvalue weighted by Gasteiger charge is 2.23. The van der Waals surface area contributed by atoms with Gasteiger partial charge in [0.25, 0.3) is 0 Å². The first-order valence-corrected chi connectivity index (χ1v) is 5.67. The minimum absolute atomic E-state index is 0.298. The first-order valence-electron chi connectivity index (χ1n) is 5.67. The van der Waals surface area contributed by atoms with Gasteiger partial charge < -0.3 is 14.9 Å². The van der Waals surface area contributed by atoms with E-state index >= 15 is 0 Å². The highest BCUT2D eigenvalue weighted by atomic mass is 16.3. The molecule has 0 amide bonds. The van der Waals surface area contributed by atoms with Gasteiger partial charge in [-0.3, -0.25) is 0 Å². The molecule has 1 fully saturated rings. The van der Waals surface area contributed by atoms with Gasteiger partial charge in [0.05, 0.1) is 6.61 Å². The largest absolute Gasteiger partial charge is 0.395 e. The van der Waals surface area contributed by atoms with E-state index in [0.717, 1.165) is 25.6 Å². The van der Waals surface area contributed by atoms with Crippen LogP contribution in [0.4, 0.5) is 0 Å². The lowest BCUT2D eigenvalue weighted by atomic mass is 10.1. The summed E-state index contributed by atoms with van der Waals surface area (Å²) in [5.74, 6) is 0.800. The number of rotatable bonds is 5. The summed E-state index contributed by atoms with van der Waals surface area (Å²) in [6.45, 7) is 9.14. The monoisotopic (exact) mass is 200 g/mol. The second kappa shape index (κ2) is 5.69. The molecule has 0 aromatic carbocycles. The van der Waals surface area contributed by atoms with Crippen molar-refractivity contribution in [3.05, 3.63) is 0 Å². The molecule has 84 valence electrons. The molecule has 0 aliphatic carbocycles. The van der Waals surface area contributed by atoms with E-state index in [1.807, 2.05) is 0 Å². The lowest BCUT2D eigenvalue weighted by Crippen LogP contribution is -2.33. The number of likely N-dealkylation sites (tertiary alicyclic amines) is 1. The Morgan fingerprint density at radius 1 is 1.50 bits per heavy atom. The number of hydrogen-bond acceptors (Lipinski definition) is 3. The van der Waals surface area contributed by atoms with E-state index in [1.165, 1.54) is 13.0 Å². The fourth-order valence-corrected chi connectivity index (χ4v) is 2.02. The molecule has 0 aromatic heterocycles. The summed E-state index contributed by atoms with van der Waals surface area (Å²) >= 11 is 0. The molecule has 0 spiro atoms. The topological polar surface area (TPSA) is 26.7 Å². The van der Waals surface area contributed by atoms with E-state index < -0.39 is 0 Å². The van der Waals surface area contributed by atoms with Gasteiger partial charge in [-0.15, -0.1) is 0 Å². The summed E-state index contributed by atoms with van der Waals surface area (Å²) in [5, 5.41) is 8.83. The average molecular weight is 200 g/mol. The molecule has 1 N–H and O–H groups in total. The Kier molecular flexibility index (Phi) is 4.85. The fraction of sp³-hybridized carbons (Fsp3) is 1.00. The van der Waals surface area contributed by atoms with Crippen molar-refractivity contribution in [2.45, 2.75) is 26.3 Å². The summed E-state index contributed by atoms with van der Waals surface area (Å²) in [6, 6.07) is 0.641. The van der Waals surface area contributed by atoms with Gasteiger partial charge in [-0.05, 0) is 39.8 Å². The quantitative estimate of drug-likeness (QED) is 0.705. The molecule has 1 unspecified atom stereocenters. The highest BCUT2D eigenvalue weighted by molar-refractivity contribution is 4.78. The molecule has 1 heterocycles. The molecule has 3 nitrogen and oxygen atoms in total. The minimum atomic E-state index is 0.298. The zero-order valence-electron chi connectivity index (χ0n) is 9.74. The number of aliphatic hydroxyl groups is 1. The van der Waals surface area contributed by atoms with Crippen LogP contribution in [0.2, 0.25) is 0 Å². The van der Waals surface area contributed by atoms with E-state index in [4.69, 9.17) is 5.11 Å². The van der Waals surface area contributed by atoms with Crippen LogP contribution in [0.15, 0.2) is 0 Å². The maximum atomic E-state index is 8.83. The molecule has 0 bridgehead atoms. The van der Waals surface area contributed by atoms with Crippen molar-refractivity contribution in [1.82, 2.24) is 9.80 Å². The van der Waals surface area contributed by atoms with Crippen molar-refractivity contribution >= 4 is 0 Å². The maximum Gasteiger partial charge on any atom is 0.0558 e. The van der Waals surface area contributed by atoms with Gasteiger partial charge in [-0.2, -0.15) is 0 Å². The summed E-state index contributed by atoms with van der Waals surface area (Å²) in [5.41, 5.74) is 0. The van der Waals surface area contributed by atoms with Gasteiger partial charge in [-0.25, -0.2) is 0 Å². The summed E-state index contributed by atoms with van der Waals surface area (Å²) in [6.07, 6.45) is 1.29. The van der Waals surface area contributed by atoms with Crippen LogP contribution in [0.1, 0.15) is 20.3 Å². The first kappa shape index (κ1) is 12.0. The summed E-state index contributed by atoms with van der Waals surface area (Å²) in [7, 11) is 2.19. The van der Waals surface area contributed by atoms with Crippen molar-refractivity contribution in [3.8, 4) is 0 Å². The van der Waals surface area contributed by atoms with Crippen molar-refractivity contribution in [2.24, 2.45) is 5.92 Å². The van der Waals surface area contributed by atoms with Gasteiger partial charge in [0.15, 0.2) is 0 Å². The van der Waals surface area contributed by atoms with Gasteiger partial charge in [0, 0.05) is 25.7 Å². The molecule has 1 atom stereocenters. The third kappa shape index (κ3) is 3.56. The lowest BCUT2D eigenvalue weighted by molar-refractivity contribution is 0.201. The van der Waals surface area contributed by atoms with Crippen molar-refractivity contribution in [1.29, 1.82) is 0 Å². The van der Waals surface area contributed by atoms with Gasteiger partial charge in [0.1, 0.15) is 0 Å². The Morgan fingerprint density at radius 3 is 2.79 bits per heavy atom. The lowest BCUT2D eigenvalue weighted by Gasteiger charge is -2.24. The smallest absolute Gasteiger partial charge is 0.0558 e. The molecular weight excluding hydrogens is 176 g/mol. The number of aliphatic hydroxyl groups excluding tert-OH is 1. The molecule has 14 heavy (non-hydrogen) atoms. The van der Waals surface area contributed by atoms with Crippen LogP contribution in [0.3, 0.4) is 0 Å². The van der Waals surface area contributed by atoms with E-state index in [9.17, 15) is 0 Å². The minimum Gasteiger partial charge on any atom is -0.395 e. The molecular formula is C11H24N2O. The van der Waals surface area contributed by atoms with Crippen LogP contribution in [-0.4, -0.2) is 60.8 Å². The Balaban J connectivity index is 2.21. The Bertz CT molecular complexity index is 161. The SMILES string of the molecule is CC(C)N(C)CC1CCN(CCO)C1. The van der Waals surface area contributed by atoms with Crippen molar-refractivity contribution in [2.75, 3.05) is 39.8 Å². The predicted molar refractivity (Wildman–Crippen MR) is 59.4 cm³/mol. The second-order valence-electron chi connectivity index (χ2n) is 4.71. The van der Waals surface area contributed by atoms with E-state index in [0.29, 0.717) is 12.6 Å². The third-order valence-corrected chi connectivity index (χ3v) is 3.21. The second-order valence-corrected chi connectivity index (χ2v) is 4.71. The molecule has 0 saturated carbocycles. The third-order valence-electron chi connectivity index (χ3n) is 3.21. The maximum absolute atomic E-state index is 8.83. The van der Waals surface area contributed by atoms with Crippen LogP contribution >= 0.6 is 0 Å². The normalized spacial score (nSPS) is 24.0. The van der Waals surface area contributed by atoms with Crippen LogP contribution in [-0.2, 0) is 0 Å². The van der Waals surface area contributed by atoms with Gasteiger partial charge in [0.2, 0.25) is 0 Å². The highest BCUT2D eigenvalue weighted by Crippen LogP contribution is 2.17. The Hall–Kier alpha value is -0.120. The van der Waals surface area contributed by atoms with E-state index in [1.54, 1.807) is 0 Å². The Morgan fingerprint density at radius 2 is 2.21 bits per heavy atom.